The van der Waals surface area contributed by atoms with Gasteiger partial charge in [0.2, 0.25) is 0 Å². The SMILES string of the molecule is CN1[CH-]N(c2cc(F)cc(F)c2)CC1.[Ir].[Ir]. The van der Waals surface area contributed by atoms with Gasteiger partial charge < -0.3 is 9.80 Å². The van der Waals surface area contributed by atoms with Crippen LogP contribution in [0.3, 0.4) is 0 Å². The molecule has 1 saturated heterocycles. The molecule has 6 heteroatoms. The molecule has 0 aliphatic carbocycles. The van der Waals surface area contributed by atoms with Crippen molar-refractivity contribution in [1.29, 1.82) is 0 Å². The first kappa shape index (κ1) is 16.1. The fraction of sp³-hybridized carbons (Fsp3) is 0.300. The van der Waals surface area contributed by atoms with Gasteiger partial charge in [-0.15, -0.1) is 0 Å². The summed E-state index contributed by atoms with van der Waals surface area (Å²) in [5, 5.41) is 0. The summed E-state index contributed by atoms with van der Waals surface area (Å²) in [5.74, 6) is -1.08. The third-order valence-electron chi connectivity index (χ3n) is 2.21. The van der Waals surface area contributed by atoms with Crippen LogP contribution in [-0.4, -0.2) is 25.0 Å². The Bertz CT molecular complexity index is 329. The molecule has 0 spiro atoms. The molecule has 16 heavy (non-hydrogen) atoms. The minimum atomic E-state index is -0.539. The number of nitrogens with zero attached hydrogens (tertiary/aromatic N) is 2. The number of halogens is 2. The van der Waals surface area contributed by atoms with Crippen LogP contribution in [0.5, 0.6) is 0 Å². The Morgan fingerprint density at radius 1 is 1.06 bits per heavy atom. The van der Waals surface area contributed by atoms with Crippen molar-refractivity contribution in [2.24, 2.45) is 0 Å². The van der Waals surface area contributed by atoms with E-state index in [-0.39, 0.29) is 40.2 Å². The van der Waals surface area contributed by atoms with E-state index in [1.165, 1.54) is 12.1 Å². The van der Waals surface area contributed by atoms with Crippen LogP contribution in [0.4, 0.5) is 14.5 Å². The van der Waals surface area contributed by atoms with Gasteiger partial charge in [0.05, 0.1) is 0 Å². The number of hydrogen-bond acceptors (Lipinski definition) is 2. The van der Waals surface area contributed by atoms with Crippen LogP contribution in [0.1, 0.15) is 0 Å². The van der Waals surface area contributed by atoms with Crippen LogP contribution in [0.25, 0.3) is 0 Å². The summed E-state index contributed by atoms with van der Waals surface area (Å²) in [4.78, 5) is 3.80. The minimum Gasteiger partial charge on any atom is -0.508 e. The summed E-state index contributed by atoms with van der Waals surface area (Å²) in [5.41, 5.74) is 0.562. The van der Waals surface area contributed by atoms with E-state index in [1.807, 2.05) is 23.5 Å². The van der Waals surface area contributed by atoms with Gasteiger partial charge in [-0.1, -0.05) is 0 Å². The van der Waals surface area contributed by atoms with E-state index in [1.54, 1.807) is 0 Å². The second kappa shape index (κ2) is 6.77. The molecular formula is C10H11F2Ir2N2-. The summed E-state index contributed by atoms with van der Waals surface area (Å²) >= 11 is 0. The topological polar surface area (TPSA) is 6.48 Å². The molecule has 1 aliphatic rings. The second-order valence-corrected chi connectivity index (χ2v) is 3.42. The Labute approximate surface area is 121 Å². The molecular weight excluding hydrogens is 571 g/mol. The molecule has 0 saturated carbocycles. The molecule has 0 aromatic heterocycles. The summed E-state index contributed by atoms with van der Waals surface area (Å²) in [6.45, 7) is 3.48. The van der Waals surface area contributed by atoms with Crippen molar-refractivity contribution in [3.8, 4) is 0 Å². The number of hydrogen-bond donors (Lipinski definition) is 0. The van der Waals surface area contributed by atoms with E-state index in [0.717, 1.165) is 19.2 Å². The van der Waals surface area contributed by atoms with Crippen molar-refractivity contribution < 1.29 is 49.0 Å². The predicted molar refractivity (Wildman–Crippen MR) is 50.6 cm³/mol. The van der Waals surface area contributed by atoms with Gasteiger partial charge in [-0.05, 0) is 25.7 Å². The average molecular weight is 582 g/mol. The number of likely N-dealkylation sites (N-methyl/N-ethyl adjacent to an activating group) is 1. The summed E-state index contributed by atoms with van der Waals surface area (Å²) in [7, 11) is 1.93. The molecule has 0 N–H and O–H groups in total. The number of anilines is 1. The Hall–Kier alpha value is 0.139. The Balaban J connectivity index is 0.00000112. The van der Waals surface area contributed by atoms with Gasteiger partial charge >= 0.3 is 0 Å². The first-order valence-corrected chi connectivity index (χ1v) is 4.43. The molecule has 1 aliphatic heterocycles. The van der Waals surface area contributed by atoms with Gasteiger partial charge in [0, 0.05) is 58.5 Å². The van der Waals surface area contributed by atoms with E-state index in [2.05, 4.69) is 0 Å². The van der Waals surface area contributed by atoms with Gasteiger partial charge in [-0.2, -0.15) is 6.67 Å². The van der Waals surface area contributed by atoms with Crippen molar-refractivity contribution in [2.75, 3.05) is 25.0 Å². The largest absolute Gasteiger partial charge is 0.508 e. The molecule has 0 bridgehead atoms. The monoisotopic (exact) mass is 583 g/mol. The zero-order valence-electron chi connectivity index (χ0n) is 8.54. The van der Waals surface area contributed by atoms with Crippen molar-refractivity contribution in [1.82, 2.24) is 4.90 Å². The van der Waals surface area contributed by atoms with Crippen LogP contribution < -0.4 is 4.90 Å². The molecule has 0 unspecified atom stereocenters. The van der Waals surface area contributed by atoms with Crippen LogP contribution in [0.15, 0.2) is 18.2 Å². The minimum absolute atomic E-state index is 0. The summed E-state index contributed by atoms with van der Waals surface area (Å²) in [6, 6.07) is 3.54. The van der Waals surface area contributed by atoms with Crippen LogP contribution in [0.2, 0.25) is 0 Å². The Kier molecular flexibility index (Phi) is 6.83. The zero-order chi connectivity index (χ0) is 10.1. The molecule has 1 fully saturated rings. The predicted octanol–water partition coefficient (Wildman–Crippen LogP) is 1.83. The molecule has 1 aromatic carbocycles. The van der Waals surface area contributed by atoms with Crippen molar-refractivity contribution in [3.63, 3.8) is 0 Å². The maximum absolute atomic E-state index is 12.9. The third-order valence-corrected chi connectivity index (χ3v) is 2.21. The first-order chi connectivity index (χ1) is 6.65. The van der Waals surface area contributed by atoms with Gasteiger partial charge in [-0.25, -0.2) is 8.78 Å². The Morgan fingerprint density at radius 3 is 2.06 bits per heavy atom. The van der Waals surface area contributed by atoms with E-state index in [4.69, 9.17) is 0 Å². The summed E-state index contributed by atoms with van der Waals surface area (Å²) < 4.78 is 25.8. The molecule has 0 atom stereocenters. The number of rotatable bonds is 1. The molecule has 0 amide bonds. The van der Waals surface area contributed by atoms with Crippen LogP contribution in [0, 0.1) is 18.3 Å². The third kappa shape index (κ3) is 3.86. The van der Waals surface area contributed by atoms with Crippen molar-refractivity contribution in [3.05, 3.63) is 36.5 Å². The van der Waals surface area contributed by atoms with Crippen molar-refractivity contribution in [2.45, 2.75) is 0 Å². The quantitative estimate of drug-likeness (QED) is 0.468. The van der Waals surface area contributed by atoms with E-state index >= 15 is 0 Å². The van der Waals surface area contributed by atoms with Crippen LogP contribution in [-0.2, 0) is 40.2 Å². The maximum atomic E-state index is 12.9. The molecule has 2 nitrogen and oxygen atoms in total. The van der Waals surface area contributed by atoms with E-state index < -0.39 is 11.6 Å². The molecule has 2 rings (SSSR count). The fourth-order valence-corrected chi connectivity index (χ4v) is 1.52. The fourth-order valence-electron chi connectivity index (χ4n) is 1.52. The Morgan fingerprint density at radius 2 is 1.62 bits per heavy atom. The molecule has 94 valence electrons. The molecule has 1 heterocycles. The van der Waals surface area contributed by atoms with E-state index in [9.17, 15) is 8.78 Å². The molecule has 2 radical (unpaired) electrons. The smallest absolute Gasteiger partial charge is 0.128 e. The van der Waals surface area contributed by atoms with Crippen molar-refractivity contribution >= 4 is 5.69 Å². The first-order valence-electron chi connectivity index (χ1n) is 4.43. The van der Waals surface area contributed by atoms with Gasteiger partial charge in [0.1, 0.15) is 11.6 Å². The zero-order valence-corrected chi connectivity index (χ0v) is 13.3. The normalized spacial score (nSPS) is 15.6. The second-order valence-electron chi connectivity index (χ2n) is 3.42. The number of benzene rings is 1. The van der Waals surface area contributed by atoms with Gasteiger partial charge in [-0.3, -0.25) is 0 Å². The van der Waals surface area contributed by atoms with E-state index in [0.29, 0.717) is 5.69 Å². The van der Waals surface area contributed by atoms with Gasteiger partial charge in [0.15, 0.2) is 0 Å². The van der Waals surface area contributed by atoms with Crippen LogP contribution >= 0.6 is 0 Å². The summed E-state index contributed by atoms with van der Waals surface area (Å²) in [6.07, 6.45) is 0. The maximum Gasteiger partial charge on any atom is 0.128 e. The average Bonchev–Trinajstić information content (AvgIpc) is 2.50. The van der Waals surface area contributed by atoms with Gasteiger partial charge in [0.25, 0.3) is 0 Å². The molecule has 1 aromatic rings. The standard InChI is InChI=1S/C10H11F2N2.2Ir/c1-13-2-3-14(7-13)10-5-8(11)4-9(12)6-10;;/h4-7H,2-3H2,1H3;;/q-1;;.